The molecule has 0 aliphatic heterocycles. The minimum Gasteiger partial charge on any atom is -0.496 e. The molecule has 1 aromatic carbocycles. The van der Waals surface area contributed by atoms with Crippen molar-refractivity contribution in [3.8, 4) is 11.9 Å². The van der Waals surface area contributed by atoms with E-state index in [0.717, 1.165) is 17.1 Å². The van der Waals surface area contributed by atoms with Gasteiger partial charge in [-0.1, -0.05) is 29.4 Å². The fourth-order valence-electron chi connectivity index (χ4n) is 3.42. The van der Waals surface area contributed by atoms with E-state index in [9.17, 15) is 10.4 Å². The van der Waals surface area contributed by atoms with Gasteiger partial charge in [0.2, 0.25) is 6.19 Å². The normalized spacial score (nSPS) is 15.9. The molecule has 1 aliphatic carbocycles. The highest BCUT2D eigenvalue weighted by Crippen LogP contribution is 2.31. The monoisotopic (exact) mass is 432 g/mol. The minimum atomic E-state index is -0.982. The third-order valence-corrected chi connectivity index (χ3v) is 6.87. The van der Waals surface area contributed by atoms with Crippen LogP contribution in [0.25, 0.3) is 0 Å². The van der Waals surface area contributed by atoms with Gasteiger partial charge in [-0.3, -0.25) is 0 Å². The molecule has 1 saturated carbocycles. The van der Waals surface area contributed by atoms with E-state index in [1.54, 1.807) is 39.2 Å². The maximum atomic E-state index is 10.6. The summed E-state index contributed by atoms with van der Waals surface area (Å²) in [6.45, 7) is 6.38. The molecule has 0 spiro atoms. The van der Waals surface area contributed by atoms with E-state index in [-0.39, 0.29) is 5.84 Å². The lowest BCUT2D eigenvalue weighted by molar-refractivity contribution is 0.0812. The van der Waals surface area contributed by atoms with Crippen molar-refractivity contribution < 1.29 is 9.84 Å². The van der Waals surface area contributed by atoms with E-state index in [2.05, 4.69) is 9.56 Å². The molecular formula is C21H25ClN4O2S. The highest BCUT2D eigenvalue weighted by molar-refractivity contribution is 7.09. The first kappa shape index (κ1) is 21.6. The summed E-state index contributed by atoms with van der Waals surface area (Å²) in [4.78, 5) is 10.2. The molecule has 0 unspecified atom stereocenters. The number of nitriles is 1. The molecule has 1 fully saturated rings. The van der Waals surface area contributed by atoms with Crippen LogP contribution in [0.4, 0.5) is 0 Å². The van der Waals surface area contributed by atoms with Gasteiger partial charge in [0.1, 0.15) is 5.75 Å². The molecule has 3 rings (SSSR count). The second-order valence-electron chi connectivity index (χ2n) is 7.76. The number of aromatic nitrogens is 1. The SMILES string of the molecule is COc1ccc(Cl)cc1C(=NC#N)N=c1sc(C(C)(C)O)c(C)n1CC1CCC1. The standard InChI is InChI=1S/C21H25ClN4O2S/c1-13-18(21(2,3)27)29-20(26(13)11-14-6-5-7-14)25-19(24-12-23)16-10-15(22)8-9-17(16)28-4/h8-10,14,27H,5-7,11H2,1-4H3. The van der Waals surface area contributed by atoms with Crippen molar-refractivity contribution in [1.29, 1.82) is 5.26 Å². The van der Waals surface area contributed by atoms with Crippen molar-refractivity contribution in [2.75, 3.05) is 7.11 Å². The number of amidine groups is 1. The molecule has 0 saturated heterocycles. The Morgan fingerprint density at radius 2 is 2.17 bits per heavy atom. The molecule has 1 aliphatic rings. The average molecular weight is 433 g/mol. The van der Waals surface area contributed by atoms with E-state index < -0.39 is 5.60 Å². The Morgan fingerprint density at radius 3 is 2.72 bits per heavy atom. The Morgan fingerprint density at radius 1 is 1.45 bits per heavy atom. The van der Waals surface area contributed by atoms with E-state index >= 15 is 0 Å². The molecule has 0 bridgehead atoms. The van der Waals surface area contributed by atoms with E-state index in [1.807, 2.05) is 13.1 Å². The molecule has 1 aromatic heterocycles. The zero-order valence-corrected chi connectivity index (χ0v) is 18.6. The number of aliphatic hydroxyl groups is 1. The Bertz CT molecular complexity index is 1040. The topological polar surface area (TPSA) is 82.9 Å². The zero-order valence-electron chi connectivity index (χ0n) is 17.1. The number of hydrogen-bond donors (Lipinski definition) is 1. The number of aliphatic imine (C=N–C) groups is 1. The van der Waals surface area contributed by atoms with Crippen molar-refractivity contribution >= 4 is 28.8 Å². The summed E-state index contributed by atoms with van der Waals surface area (Å²) in [7, 11) is 1.55. The van der Waals surface area contributed by atoms with Gasteiger partial charge in [-0.2, -0.15) is 15.2 Å². The van der Waals surface area contributed by atoms with Gasteiger partial charge in [0.05, 0.1) is 23.2 Å². The Balaban J connectivity index is 2.19. The Kier molecular flexibility index (Phi) is 6.47. The fourth-order valence-corrected chi connectivity index (χ4v) is 4.74. The van der Waals surface area contributed by atoms with Gasteiger partial charge in [-0.15, -0.1) is 0 Å². The number of benzene rings is 1. The molecule has 1 N–H and O–H groups in total. The van der Waals surface area contributed by atoms with E-state index in [0.29, 0.717) is 27.1 Å². The maximum absolute atomic E-state index is 10.6. The van der Waals surface area contributed by atoms with Crippen molar-refractivity contribution in [1.82, 2.24) is 4.57 Å². The maximum Gasteiger partial charge on any atom is 0.207 e. The van der Waals surface area contributed by atoms with Crippen LogP contribution in [0.5, 0.6) is 5.75 Å². The van der Waals surface area contributed by atoms with Crippen LogP contribution in [0.1, 0.15) is 49.2 Å². The van der Waals surface area contributed by atoms with Gasteiger partial charge >= 0.3 is 0 Å². The molecule has 29 heavy (non-hydrogen) atoms. The van der Waals surface area contributed by atoms with Crippen LogP contribution in [0.2, 0.25) is 5.02 Å². The predicted octanol–water partition coefficient (Wildman–Crippen LogP) is 4.38. The number of ether oxygens (including phenoxy) is 1. The first-order valence-electron chi connectivity index (χ1n) is 9.53. The largest absolute Gasteiger partial charge is 0.496 e. The van der Waals surface area contributed by atoms with E-state index in [1.165, 1.54) is 30.6 Å². The van der Waals surface area contributed by atoms with Crippen LogP contribution >= 0.6 is 22.9 Å². The number of halogens is 1. The van der Waals surface area contributed by atoms with Gasteiger partial charge in [-0.25, -0.2) is 0 Å². The molecule has 154 valence electrons. The zero-order chi connectivity index (χ0) is 21.2. The average Bonchev–Trinajstić information content (AvgIpc) is 2.93. The second-order valence-corrected chi connectivity index (χ2v) is 9.17. The van der Waals surface area contributed by atoms with Gasteiger partial charge in [0, 0.05) is 17.3 Å². The molecule has 0 atom stereocenters. The third-order valence-electron chi connectivity index (χ3n) is 5.14. The number of rotatable bonds is 5. The quantitative estimate of drug-likeness (QED) is 0.432. The molecule has 8 heteroatoms. The molecule has 0 amide bonds. The summed E-state index contributed by atoms with van der Waals surface area (Å²) in [5.74, 6) is 1.38. The molecule has 2 aromatic rings. The summed E-state index contributed by atoms with van der Waals surface area (Å²) >= 11 is 7.58. The van der Waals surface area contributed by atoms with Crippen LogP contribution in [-0.4, -0.2) is 22.6 Å². The van der Waals surface area contributed by atoms with Crippen LogP contribution in [0, 0.1) is 24.3 Å². The van der Waals surface area contributed by atoms with Crippen LogP contribution in [0.15, 0.2) is 28.2 Å². The highest BCUT2D eigenvalue weighted by Gasteiger charge is 2.26. The summed E-state index contributed by atoms with van der Waals surface area (Å²) in [6.07, 6.45) is 5.47. The number of hydrogen-bond acceptors (Lipinski definition) is 5. The lowest BCUT2D eigenvalue weighted by Crippen LogP contribution is -2.26. The van der Waals surface area contributed by atoms with Gasteiger partial charge in [0.15, 0.2) is 10.6 Å². The summed E-state index contributed by atoms with van der Waals surface area (Å²) in [5.41, 5.74) is 0.555. The highest BCUT2D eigenvalue weighted by atomic mass is 35.5. The molecule has 6 nitrogen and oxygen atoms in total. The Labute approximate surface area is 179 Å². The van der Waals surface area contributed by atoms with Crippen LogP contribution in [-0.2, 0) is 12.1 Å². The van der Waals surface area contributed by atoms with Gasteiger partial charge in [0.25, 0.3) is 0 Å². The summed E-state index contributed by atoms with van der Waals surface area (Å²) in [5, 5.41) is 20.4. The summed E-state index contributed by atoms with van der Waals surface area (Å²) in [6, 6.07) is 5.13. The second kappa shape index (κ2) is 8.70. The number of thiazole rings is 1. The summed E-state index contributed by atoms with van der Waals surface area (Å²) < 4.78 is 7.55. The Hall–Kier alpha value is -2.14. The number of methoxy groups -OCH3 is 1. The van der Waals surface area contributed by atoms with Crippen molar-refractivity contribution in [3.63, 3.8) is 0 Å². The van der Waals surface area contributed by atoms with Gasteiger partial charge in [-0.05, 0) is 57.7 Å². The lowest BCUT2D eigenvalue weighted by Gasteiger charge is -2.26. The molecule has 0 radical (unpaired) electrons. The lowest BCUT2D eigenvalue weighted by atomic mass is 9.85. The van der Waals surface area contributed by atoms with E-state index in [4.69, 9.17) is 21.3 Å². The predicted molar refractivity (Wildman–Crippen MR) is 115 cm³/mol. The minimum absolute atomic E-state index is 0.234. The van der Waals surface area contributed by atoms with Crippen molar-refractivity contribution in [3.05, 3.63) is 44.2 Å². The van der Waals surface area contributed by atoms with Gasteiger partial charge < -0.3 is 14.4 Å². The smallest absolute Gasteiger partial charge is 0.207 e. The van der Waals surface area contributed by atoms with Crippen LogP contribution < -0.4 is 9.54 Å². The van der Waals surface area contributed by atoms with Crippen molar-refractivity contribution in [2.24, 2.45) is 15.9 Å². The first-order valence-corrected chi connectivity index (χ1v) is 10.7. The fraction of sp³-hybridized carbons (Fsp3) is 0.476. The molecule has 1 heterocycles. The number of nitrogens with zero attached hydrogens (tertiary/aromatic N) is 4. The van der Waals surface area contributed by atoms with Crippen LogP contribution in [0.3, 0.4) is 0 Å². The van der Waals surface area contributed by atoms with Crippen molar-refractivity contribution in [2.45, 2.75) is 52.2 Å². The molecular weight excluding hydrogens is 408 g/mol. The first-order chi connectivity index (χ1) is 13.7. The third kappa shape index (κ3) is 4.72.